The monoisotopic (exact) mass is 353 g/mol. The maximum Gasteiger partial charge on any atom is 0.171 e. The average molecular weight is 354 g/mol. The molecule has 2 aromatic carbocycles. The van der Waals surface area contributed by atoms with Gasteiger partial charge in [0.1, 0.15) is 0 Å². The van der Waals surface area contributed by atoms with E-state index < -0.39 is 0 Å². The molecule has 2 N–H and O–H groups in total. The molecule has 2 rings (SSSR count). The first-order valence-electron chi connectivity index (χ1n) is 6.71. The maximum atomic E-state index is 5.95. The fourth-order valence-electron chi connectivity index (χ4n) is 1.90. The normalized spacial score (nSPS) is 10.2. The van der Waals surface area contributed by atoms with Gasteiger partial charge in [0.2, 0.25) is 0 Å². The van der Waals surface area contributed by atoms with E-state index in [-0.39, 0.29) is 0 Å². The first-order valence-corrected chi connectivity index (χ1v) is 7.87. The number of rotatable bonds is 4. The molecule has 0 radical (unpaired) electrons. The Morgan fingerprint density at radius 1 is 1.05 bits per heavy atom. The molecule has 0 aliphatic carbocycles. The lowest BCUT2D eigenvalue weighted by Crippen LogP contribution is -2.27. The Balaban J connectivity index is 1.89. The molecule has 0 heterocycles. The van der Waals surface area contributed by atoms with E-state index in [4.69, 9.17) is 35.4 Å². The summed E-state index contributed by atoms with van der Waals surface area (Å²) in [4.78, 5) is 2.06. The van der Waals surface area contributed by atoms with Gasteiger partial charge in [-0.1, -0.05) is 35.3 Å². The van der Waals surface area contributed by atoms with E-state index in [0.717, 1.165) is 16.9 Å². The lowest BCUT2D eigenvalue weighted by Gasteiger charge is -2.14. The highest BCUT2D eigenvalue weighted by molar-refractivity contribution is 7.80. The van der Waals surface area contributed by atoms with Crippen LogP contribution in [0.25, 0.3) is 0 Å². The summed E-state index contributed by atoms with van der Waals surface area (Å²) in [5.74, 6) is 0. The van der Waals surface area contributed by atoms with Gasteiger partial charge < -0.3 is 15.5 Å². The summed E-state index contributed by atoms with van der Waals surface area (Å²) in [7, 11) is 4.03. The molecule has 22 heavy (non-hydrogen) atoms. The Morgan fingerprint density at radius 3 is 2.18 bits per heavy atom. The second-order valence-electron chi connectivity index (χ2n) is 5.03. The largest absolute Gasteiger partial charge is 0.378 e. The lowest BCUT2D eigenvalue weighted by atomic mass is 10.2. The van der Waals surface area contributed by atoms with Crippen molar-refractivity contribution in [2.24, 2.45) is 0 Å². The van der Waals surface area contributed by atoms with E-state index in [9.17, 15) is 0 Å². The summed E-state index contributed by atoms with van der Waals surface area (Å²) in [6, 6.07) is 13.5. The molecular formula is C16H17Cl2N3S. The van der Waals surface area contributed by atoms with Gasteiger partial charge in [0.05, 0.1) is 0 Å². The number of hydrogen-bond donors (Lipinski definition) is 2. The van der Waals surface area contributed by atoms with E-state index in [1.54, 1.807) is 18.2 Å². The van der Waals surface area contributed by atoms with E-state index in [0.29, 0.717) is 21.7 Å². The summed E-state index contributed by atoms with van der Waals surface area (Å²) in [6.45, 7) is 0.647. The molecule has 0 atom stereocenters. The van der Waals surface area contributed by atoms with Crippen LogP contribution in [0.15, 0.2) is 42.5 Å². The molecule has 0 fully saturated rings. The number of thiocarbonyl (C=S) groups is 1. The first-order chi connectivity index (χ1) is 10.4. The number of anilines is 2. The molecular weight excluding hydrogens is 337 g/mol. The van der Waals surface area contributed by atoms with E-state index in [1.807, 2.05) is 14.1 Å². The van der Waals surface area contributed by atoms with Gasteiger partial charge in [-0.15, -0.1) is 0 Å². The molecule has 3 nitrogen and oxygen atoms in total. The number of nitrogens with zero attached hydrogens (tertiary/aromatic N) is 1. The average Bonchev–Trinajstić information content (AvgIpc) is 2.44. The molecule has 0 amide bonds. The Hall–Kier alpha value is -1.49. The maximum absolute atomic E-state index is 5.95. The van der Waals surface area contributed by atoms with Gasteiger partial charge in [0.25, 0.3) is 0 Å². The number of hydrogen-bond acceptors (Lipinski definition) is 2. The minimum Gasteiger partial charge on any atom is -0.378 e. The molecule has 0 bridgehead atoms. The van der Waals surface area contributed by atoms with Crippen molar-refractivity contribution in [3.05, 3.63) is 58.1 Å². The smallest absolute Gasteiger partial charge is 0.171 e. The van der Waals surface area contributed by atoms with Crippen molar-refractivity contribution >= 4 is 51.9 Å². The number of nitrogens with one attached hydrogen (secondary N) is 2. The van der Waals surface area contributed by atoms with E-state index in [2.05, 4.69) is 39.8 Å². The zero-order valence-corrected chi connectivity index (χ0v) is 14.7. The van der Waals surface area contributed by atoms with Crippen LogP contribution in [0.1, 0.15) is 5.56 Å². The van der Waals surface area contributed by atoms with Gasteiger partial charge in [0.15, 0.2) is 5.11 Å². The number of halogens is 2. The third kappa shape index (κ3) is 5.05. The van der Waals surface area contributed by atoms with Crippen molar-refractivity contribution in [1.82, 2.24) is 5.32 Å². The second kappa shape index (κ2) is 7.68. The Morgan fingerprint density at radius 2 is 1.64 bits per heavy atom. The van der Waals surface area contributed by atoms with Crippen LogP contribution in [-0.4, -0.2) is 19.2 Å². The van der Waals surface area contributed by atoms with Crippen molar-refractivity contribution in [2.75, 3.05) is 24.3 Å². The van der Waals surface area contributed by atoms with Gasteiger partial charge in [-0.2, -0.15) is 0 Å². The first kappa shape index (κ1) is 16.9. The highest BCUT2D eigenvalue weighted by atomic mass is 35.5. The third-order valence-corrected chi connectivity index (χ3v) is 3.71. The Labute approximate surface area is 146 Å². The van der Waals surface area contributed by atoms with Gasteiger partial charge in [-0.25, -0.2) is 0 Å². The molecule has 2 aromatic rings. The molecule has 116 valence electrons. The molecule has 6 heteroatoms. The highest BCUT2D eigenvalue weighted by Gasteiger charge is 2.02. The van der Waals surface area contributed by atoms with Gasteiger partial charge >= 0.3 is 0 Å². The van der Waals surface area contributed by atoms with Crippen LogP contribution in [0.3, 0.4) is 0 Å². The van der Waals surface area contributed by atoms with Gasteiger partial charge in [-0.05, 0) is 48.1 Å². The summed E-state index contributed by atoms with van der Waals surface area (Å²) >= 11 is 17.2. The Bertz CT molecular complexity index is 637. The highest BCUT2D eigenvalue weighted by Crippen LogP contribution is 2.22. The molecule has 0 saturated carbocycles. The van der Waals surface area contributed by atoms with Crippen molar-refractivity contribution in [1.29, 1.82) is 0 Å². The molecule has 0 aliphatic rings. The van der Waals surface area contributed by atoms with Crippen molar-refractivity contribution < 1.29 is 0 Å². The van der Waals surface area contributed by atoms with Crippen LogP contribution >= 0.6 is 35.4 Å². The summed E-state index contributed by atoms with van der Waals surface area (Å²) < 4.78 is 0. The molecule has 0 spiro atoms. The molecule has 0 unspecified atom stereocenters. The van der Waals surface area contributed by atoms with Crippen LogP contribution in [0.2, 0.25) is 10.0 Å². The molecule has 0 aromatic heterocycles. The van der Waals surface area contributed by atoms with E-state index >= 15 is 0 Å². The van der Waals surface area contributed by atoms with Crippen LogP contribution in [-0.2, 0) is 6.54 Å². The second-order valence-corrected chi connectivity index (χ2v) is 6.31. The predicted octanol–water partition coefficient (Wildman–Crippen LogP) is 4.55. The van der Waals surface area contributed by atoms with Gasteiger partial charge in [-0.3, -0.25) is 0 Å². The van der Waals surface area contributed by atoms with Crippen LogP contribution < -0.4 is 15.5 Å². The zero-order chi connectivity index (χ0) is 16.1. The van der Waals surface area contributed by atoms with Crippen LogP contribution in [0, 0.1) is 0 Å². The standard InChI is InChI=1S/C16H17Cl2N3S/c1-21(2)15-5-3-11(4-6-15)10-19-16(22)20-14-8-12(17)7-13(18)9-14/h3-9H,10H2,1-2H3,(H2,19,20,22). The Kier molecular flexibility index (Phi) is 5.89. The quantitative estimate of drug-likeness (QED) is 0.788. The number of benzene rings is 2. The van der Waals surface area contributed by atoms with Crippen molar-refractivity contribution in [2.45, 2.75) is 6.54 Å². The van der Waals surface area contributed by atoms with Crippen molar-refractivity contribution in [3.63, 3.8) is 0 Å². The molecule has 0 aliphatic heterocycles. The summed E-state index contributed by atoms with van der Waals surface area (Å²) in [5.41, 5.74) is 3.08. The fraction of sp³-hybridized carbons (Fsp3) is 0.188. The van der Waals surface area contributed by atoms with Crippen LogP contribution in [0.4, 0.5) is 11.4 Å². The third-order valence-electron chi connectivity index (χ3n) is 3.03. The van der Waals surface area contributed by atoms with Crippen molar-refractivity contribution in [3.8, 4) is 0 Å². The van der Waals surface area contributed by atoms with E-state index in [1.165, 1.54) is 0 Å². The zero-order valence-electron chi connectivity index (χ0n) is 12.4. The molecule has 0 saturated heterocycles. The minimum atomic E-state index is 0.523. The minimum absolute atomic E-state index is 0.523. The van der Waals surface area contributed by atoms with Crippen LogP contribution in [0.5, 0.6) is 0 Å². The van der Waals surface area contributed by atoms with Gasteiger partial charge in [0, 0.05) is 42.1 Å². The predicted molar refractivity (Wildman–Crippen MR) is 100 cm³/mol. The SMILES string of the molecule is CN(C)c1ccc(CNC(=S)Nc2cc(Cl)cc(Cl)c2)cc1. The summed E-state index contributed by atoms with van der Waals surface area (Å²) in [5, 5.41) is 7.88. The topological polar surface area (TPSA) is 27.3 Å². The summed E-state index contributed by atoms with van der Waals surface area (Å²) in [6.07, 6.45) is 0. The fourth-order valence-corrected chi connectivity index (χ4v) is 2.61. The lowest BCUT2D eigenvalue weighted by molar-refractivity contribution is 0.925.